The van der Waals surface area contributed by atoms with Crippen molar-refractivity contribution < 1.29 is 4.74 Å². The summed E-state index contributed by atoms with van der Waals surface area (Å²) in [6, 6.07) is 7.83. The summed E-state index contributed by atoms with van der Waals surface area (Å²) >= 11 is 2.04. The molecule has 3 rings (SSSR count). The second kappa shape index (κ2) is 7.06. The number of aryl methyl sites for hydroxylation is 1. The number of hydrogen-bond acceptors (Lipinski definition) is 3. The van der Waals surface area contributed by atoms with E-state index in [1.54, 1.807) is 7.11 Å². The van der Waals surface area contributed by atoms with Crippen LogP contribution in [-0.2, 0) is 6.42 Å². The SMILES string of the molecule is COc1ccc2c(c1)C(NC1CCCC(SC)C1)CCC2. The number of benzene rings is 1. The predicted octanol–water partition coefficient (Wildman–Crippen LogP) is 4.34. The van der Waals surface area contributed by atoms with Crippen LogP contribution >= 0.6 is 11.8 Å². The zero-order valence-electron chi connectivity index (χ0n) is 13.2. The minimum Gasteiger partial charge on any atom is -0.497 e. The highest BCUT2D eigenvalue weighted by atomic mass is 32.2. The quantitative estimate of drug-likeness (QED) is 0.894. The molecule has 0 amide bonds. The second-order valence-corrected chi connectivity index (χ2v) is 7.54. The van der Waals surface area contributed by atoms with Crippen LogP contribution in [0.15, 0.2) is 18.2 Å². The Balaban J connectivity index is 1.72. The average molecular weight is 305 g/mol. The van der Waals surface area contributed by atoms with E-state index >= 15 is 0 Å². The molecule has 1 aromatic carbocycles. The second-order valence-electron chi connectivity index (χ2n) is 6.40. The summed E-state index contributed by atoms with van der Waals surface area (Å²) in [6.07, 6.45) is 11.5. The van der Waals surface area contributed by atoms with Crippen molar-refractivity contribution in [3.8, 4) is 5.75 Å². The van der Waals surface area contributed by atoms with E-state index in [0.717, 1.165) is 11.0 Å². The van der Waals surface area contributed by atoms with Gasteiger partial charge in [-0.15, -0.1) is 0 Å². The molecule has 3 unspecified atom stereocenters. The Morgan fingerprint density at radius 3 is 2.90 bits per heavy atom. The fourth-order valence-electron chi connectivity index (χ4n) is 3.87. The van der Waals surface area contributed by atoms with Crippen LogP contribution in [-0.4, -0.2) is 24.7 Å². The van der Waals surface area contributed by atoms with Gasteiger partial charge in [-0.1, -0.05) is 12.5 Å². The van der Waals surface area contributed by atoms with E-state index < -0.39 is 0 Å². The Kier molecular flexibility index (Phi) is 5.12. The lowest BCUT2D eigenvalue weighted by molar-refractivity contribution is 0.324. The standard InChI is InChI=1S/C18H27NOS/c1-20-15-10-9-13-5-3-8-18(17(13)12-15)19-14-6-4-7-16(11-14)21-2/h9-10,12,14,16,18-19H,3-8,11H2,1-2H3. The third-order valence-electron chi connectivity index (χ3n) is 5.06. The van der Waals surface area contributed by atoms with Crippen molar-refractivity contribution in [3.63, 3.8) is 0 Å². The molecule has 1 N–H and O–H groups in total. The number of thioether (sulfide) groups is 1. The fraction of sp³-hybridized carbons (Fsp3) is 0.667. The first kappa shape index (κ1) is 15.2. The van der Waals surface area contributed by atoms with Crippen LogP contribution in [0.5, 0.6) is 5.75 Å². The van der Waals surface area contributed by atoms with E-state index in [1.807, 2.05) is 11.8 Å². The molecule has 0 aromatic heterocycles. The van der Waals surface area contributed by atoms with Gasteiger partial charge < -0.3 is 10.1 Å². The number of rotatable bonds is 4. The molecule has 116 valence electrons. The molecule has 0 bridgehead atoms. The fourth-order valence-corrected chi connectivity index (χ4v) is 4.70. The minimum atomic E-state index is 0.523. The monoisotopic (exact) mass is 305 g/mol. The number of hydrogen-bond donors (Lipinski definition) is 1. The highest BCUT2D eigenvalue weighted by Gasteiger charge is 2.26. The highest BCUT2D eigenvalue weighted by molar-refractivity contribution is 7.99. The van der Waals surface area contributed by atoms with Crippen molar-refractivity contribution >= 4 is 11.8 Å². The van der Waals surface area contributed by atoms with Gasteiger partial charge in [0, 0.05) is 17.3 Å². The Bertz CT molecular complexity index is 476. The summed E-state index contributed by atoms with van der Waals surface area (Å²) in [6.45, 7) is 0. The van der Waals surface area contributed by atoms with E-state index in [9.17, 15) is 0 Å². The van der Waals surface area contributed by atoms with Crippen LogP contribution in [0.2, 0.25) is 0 Å². The Morgan fingerprint density at radius 2 is 2.10 bits per heavy atom. The van der Waals surface area contributed by atoms with Gasteiger partial charge in [0.15, 0.2) is 0 Å². The van der Waals surface area contributed by atoms with Crippen molar-refractivity contribution in [1.82, 2.24) is 5.32 Å². The smallest absolute Gasteiger partial charge is 0.119 e. The van der Waals surface area contributed by atoms with E-state index in [0.29, 0.717) is 12.1 Å². The van der Waals surface area contributed by atoms with Crippen molar-refractivity contribution in [1.29, 1.82) is 0 Å². The largest absolute Gasteiger partial charge is 0.497 e. The Hall–Kier alpha value is -0.670. The van der Waals surface area contributed by atoms with Crippen LogP contribution < -0.4 is 10.1 Å². The summed E-state index contributed by atoms with van der Waals surface area (Å²) in [5.74, 6) is 0.994. The summed E-state index contributed by atoms with van der Waals surface area (Å²) in [5, 5.41) is 4.81. The van der Waals surface area contributed by atoms with Crippen LogP contribution in [0, 0.1) is 0 Å². The van der Waals surface area contributed by atoms with Crippen molar-refractivity contribution in [2.45, 2.75) is 62.3 Å². The molecule has 2 aliphatic carbocycles. The van der Waals surface area contributed by atoms with Gasteiger partial charge in [-0.05, 0) is 68.0 Å². The van der Waals surface area contributed by atoms with Crippen LogP contribution in [0.1, 0.15) is 55.7 Å². The average Bonchev–Trinajstić information content (AvgIpc) is 2.55. The van der Waals surface area contributed by atoms with Gasteiger partial charge in [0.1, 0.15) is 5.75 Å². The molecule has 2 nitrogen and oxygen atoms in total. The molecule has 0 spiro atoms. The maximum atomic E-state index is 5.42. The molecule has 0 heterocycles. The lowest BCUT2D eigenvalue weighted by Gasteiger charge is -2.35. The molecule has 0 aliphatic heterocycles. The number of methoxy groups -OCH3 is 1. The van der Waals surface area contributed by atoms with Gasteiger partial charge in [-0.3, -0.25) is 0 Å². The van der Waals surface area contributed by atoms with Crippen molar-refractivity contribution in [3.05, 3.63) is 29.3 Å². The summed E-state index contributed by atoms with van der Waals surface area (Å²) in [5.41, 5.74) is 2.99. The zero-order chi connectivity index (χ0) is 14.7. The molecule has 1 saturated carbocycles. The van der Waals surface area contributed by atoms with E-state index in [2.05, 4.69) is 29.8 Å². The predicted molar refractivity (Wildman–Crippen MR) is 91.4 cm³/mol. The molecular weight excluding hydrogens is 278 g/mol. The number of nitrogens with one attached hydrogen (secondary N) is 1. The molecule has 2 aliphatic rings. The lowest BCUT2D eigenvalue weighted by Crippen LogP contribution is -2.38. The molecule has 1 fully saturated rings. The minimum absolute atomic E-state index is 0.523. The maximum Gasteiger partial charge on any atom is 0.119 e. The summed E-state index contributed by atoms with van der Waals surface area (Å²) in [4.78, 5) is 0. The Morgan fingerprint density at radius 1 is 1.19 bits per heavy atom. The first-order valence-electron chi connectivity index (χ1n) is 8.26. The number of fused-ring (bicyclic) bond motifs is 1. The number of ether oxygens (including phenoxy) is 1. The zero-order valence-corrected chi connectivity index (χ0v) is 14.0. The third-order valence-corrected chi connectivity index (χ3v) is 6.16. The normalized spacial score (nSPS) is 29.0. The van der Waals surface area contributed by atoms with Gasteiger partial charge in [-0.2, -0.15) is 11.8 Å². The van der Waals surface area contributed by atoms with Crippen molar-refractivity contribution in [2.75, 3.05) is 13.4 Å². The van der Waals surface area contributed by atoms with Crippen LogP contribution in [0.25, 0.3) is 0 Å². The molecule has 21 heavy (non-hydrogen) atoms. The lowest BCUT2D eigenvalue weighted by atomic mass is 9.85. The van der Waals surface area contributed by atoms with Crippen molar-refractivity contribution in [2.24, 2.45) is 0 Å². The maximum absolute atomic E-state index is 5.42. The molecule has 0 radical (unpaired) electrons. The molecule has 1 aromatic rings. The Labute approximate surface area is 133 Å². The van der Waals surface area contributed by atoms with Crippen LogP contribution in [0.3, 0.4) is 0 Å². The van der Waals surface area contributed by atoms with Gasteiger partial charge in [-0.25, -0.2) is 0 Å². The van der Waals surface area contributed by atoms with Gasteiger partial charge in [0.2, 0.25) is 0 Å². The first-order chi connectivity index (χ1) is 10.3. The van der Waals surface area contributed by atoms with E-state index in [-0.39, 0.29) is 0 Å². The molecule has 3 heteroatoms. The molecular formula is C18H27NOS. The summed E-state index contributed by atoms with van der Waals surface area (Å²) < 4.78 is 5.42. The van der Waals surface area contributed by atoms with Gasteiger partial charge >= 0.3 is 0 Å². The van der Waals surface area contributed by atoms with Gasteiger partial charge in [0.05, 0.1) is 7.11 Å². The topological polar surface area (TPSA) is 21.3 Å². The van der Waals surface area contributed by atoms with Crippen LogP contribution in [0.4, 0.5) is 0 Å². The summed E-state index contributed by atoms with van der Waals surface area (Å²) in [7, 11) is 1.76. The van der Waals surface area contributed by atoms with Gasteiger partial charge in [0.25, 0.3) is 0 Å². The first-order valence-corrected chi connectivity index (χ1v) is 9.54. The molecule has 0 saturated heterocycles. The van der Waals surface area contributed by atoms with E-state index in [1.165, 1.54) is 56.1 Å². The highest BCUT2D eigenvalue weighted by Crippen LogP contribution is 2.35. The third kappa shape index (κ3) is 3.57. The molecule has 3 atom stereocenters. The van der Waals surface area contributed by atoms with E-state index in [4.69, 9.17) is 4.74 Å².